The summed E-state index contributed by atoms with van der Waals surface area (Å²) < 4.78 is 5.32. The van der Waals surface area contributed by atoms with Crippen molar-refractivity contribution >= 4 is 41.0 Å². The van der Waals surface area contributed by atoms with Crippen LogP contribution in [-0.2, 0) is 19.1 Å². The Labute approximate surface area is 209 Å². The van der Waals surface area contributed by atoms with E-state index < -0.39 is 29.4 Å². The summed E-state index contributed by atoms with van der Waals surface area (Å²) in [5.41, 5.74) is 0.435. The first-order chi connectivity index (χ1) is 16.1. The number of carbonyl (C=O) groups excluding carboxylic acids is 2. The van der Waals surface area contributed by atoms with Crippen molar-refractivity contribution in [1.82, 2.24) is 4.90 Å². The fourth-order valence-electron chi connectivity index (χ4n) is 4.94. The zero-order valence-corrected chi connectivity index (χ0v) is 21.0. The van der Waals surface area contributed by atoms with Gasteiger partial charge < -0.3 is 14.7 Å². The summed E-state index contributed by atoms with van der Waals surface area (Å²) in [5, 5.41) is 10.7. The first kappa shape index (κ1) is 26.0. The van der Waals surface area contributed by atoms with Crippen LogP contribution in [0.25, 0.3) is 0 Å². The van der Waals surface area contributed by atoms with Crippen molar-refractivity contribution in [3.8, 4) is 0 Å². The molecular weight excluding hydrogens is 477 g/mol. The van der Waals surface area contributed by atoms with Gasteiger partial charge in [0.05, 0.1) is 24.5 Å². The lowest BCUT2D eigenvalue weighted by Crippen LogP contribution is -2.58. The monoisotopic (exact) mass is 505 g/mol. The van der Waals surface area contributed by atoms with Crippen LogP contribution in [0, 0.1) is 5.41 Å². The van der Waals surface area contributed by atoms with Crippen molar-refractivity contribution in [2.75, 3.05) is 6.61 Å². The Hall–Kier alpha value is -2.57. The standard InChI is InChI=1S/C26H29Cl2NO5/c1-4-21(24(32)34-5-2)29-23(16-9-11-18(27)12-10-16)20(17-7-6-8-19(28)13-17)14-26(3,25(29)33)15-22(30)31/h6-13,20-21,23H,4-5,14-15H2,1-3H3,(H,30,31)/t20-,21+,23-,26+/m1/s1. The summed E-state index contributed by atoms with van der Waals surface area (Å²) in [4.78, 5) is 40.3. The maximum absolute atomic E-state index is 14.0. The van der Waals surface area contributed by atoms with Gasteiger partial charge in [-0.3, -0.25) is 9.59 Å². The van der Waals surface area contributed by atoms with Gasteiger partial charge in [-0.1, -0.05) is 61.3 Å². The fourth-order valence-corrected chi connectivity index (χ4v) is 5.26. The Morgan fingerprint density at radius 3 is 2.35 bits per heavy atom. The lowest BCUT2D eigenvalue weighted by molar-refractivity contribution is -0.169. The number of esters is 1. The van der Waals surface area contributed by atoms with Crippen LogP contribution in [0.5, 0.6) is 0 Å². The number of carboxylic acids is 1. The number of likely N-dealkylation sites (tertiary alicyclic amines) is 1. The van der Waals surface area contributed by atoms with E-state index in [4.69, 9.17) is 27.9 Å². The van der Waals surface area contributed by atoms with Crippen molar-refractivity contribution in [2.24, 2.45) is 5.41 Å². The molecule has 34 heavy (non-hydrogen) atoms. The number of piperidine rings is 1. The number of hydrogen-bond donors (Lipinski definition) is 1. The largest absolute Gasteiger partial charge is 0.481 e. The molecule has 0 aliphatic carbocycles. The molecule has 3 rings (SSSR count). The third-order valence-corrected chi connectivity index (χ3v) is 6.90. The molecule has 0 bridgehead atoms. The van der Waals surface area contributed by atoms with Crippen LogP contribution < -0.4 is 0 Å². The summed E-state index contributed by atoms with van der Waals surface area (Å²) in [6.07, 6.45) is 0.244. The van der Waals surface area contributed by atoms with Crippen molar-refractivity contribution < 1.29 is 24.2 Å². The van der Waals surface area contributed by atoms with Crippen LogP contribution in [0.1, 0.15) is 63.1 Å². The van der Waals surface area contributed by atoms with E-state index in [0.717, 1.165) is 11.1 Å². The molecule has 2 aromatic rings. The first-order valence-corrected chi connectivity index (χ1v) is 12.1. The Morgan fingerprint density at radius 1 is 1.12 bits per heavy atom. The van der Waals surface area contributed by atoms with E-state index in [1.165, 1.54) is 0 Å². The molecule has 1 fully saturated rings. The molecule has 1 amide bonds. The molecule has 6 nitrogen and oxygen atoms in total. The number of carbonyl (C=O) groups is 3. The van der Waals surface area contributed by atoms with Crippen molar-refractivity contribution in [2.45, 2.75) is 58.0 Å². The second-order valence-electron chi connectivity index (χ2n) is 8.88. The molecule has 2 aromatic carbocycles. The van der Waals surface area contributed by atoms with Crippen LogP contribution in [0.2, 0.25) is 10.0 Å². The minimum Gasteiger partial charge on any atom is -0.481 e. The second-order valence-corrected chi connectivity index (χ2v) is 9.75. The molecule has 4 atom stereocenters. The van der Waals surface area contributed by atoms with Gasteiger partial charge in [0.25, 0.3) is 0 Å². The van der Waals surface area contributed by atoms with Gasteiger partial charge in [0.1, 0.15) is 6.04 Å². The van der Waals surface area contributed by atoms with Gasteiger partial charge in [-0.2, -0.15) is 0 Å². The normalized spacial score (nSPS) is 23.4. The number of halogens is 2. The quantitative estimate of drug-likeness (QED) is 0.453. The SMILES string of the molecule is CCOC(=O)[C@H](CC)N1C(=O)[C@](C)(CC(=O)O)C[C@H](c2cccc(Cl)c2)[C@H]1c1ccc(Cl)cc1. The van der Waals surface area contributed by atoms with E-state index in [9.17, 15) is 19.5 Å². The molecule has 1 saturated heterocycles. The third-order valence-electron chi connectivity index (χ3n) is 6.41. The Bertz CT molecular complexity index is 1060. The topological polar surface area (TPSA) is 83.9 Å². The molecule has 1 aliphatic heterocycles. The maximum Gasteiger partial charge on any atom is 0.328 e. The zero-order valence-electron chi connectivity index (χ0n) is 19.5. The fraction of sp³-hybridized carbons (Fsp3) is 0.423. The second kappa shape index (κ2) is 10.8. The van der Waals surface area contributed by atoms with Crippen LogP contribution in [0.4, 0.5) is 0 Å². The highest BCUT2D eigenvalue weighted by molar-refractivity contribution is 6.30. The summed E-state index contributed by atoms with van der Waals surface area (Å²) in [6, 6.07) is 13.1. The summed E-state index contributed by atoms with van der Waals surface area (Å²) in [5.74, 6) is -2.28. The van der Waals surface area contributed by atoms with E-state index in [1.54, 1.807) is 36.9 Å². The summed E-state index contributed by atoms with van der Waals surface area (Å²) in [7, 11) is 0. The molecule has 0 unspecified atom stereocenters. The van der Waals surface area contributed by atoms with Crippen LogP contribution in [-0.4, -0.2) is 40.5 Å². The van der Waals surface area contributed by atoms with E-state index in [2.05, 4.69) is 0 Å². The molecule has 1 heterocycles. The van der Waals surface area contributed by atoms with Gasteiger partial charge in [0, 0.05) is 16.0 Å². The van der Waals surface area contributed by atoms with Crippen molar-refractivity contribution in [3.63, 3.8) is 0 Å². The molecule has 182 valence electrons. The molecule has 0 aromatic heterocycles. The summed E-state index contributed by atoms with van der Waals surface area (Å²) in [6.45, 7) is 5.35. The molecule has 0 radical (unpaired) electrons. The molecule has 1 N–H and O–H groups in total. The Kier molecular flexibility index (Phi) is 8.26. The number of carboxylic acid groups (broad SMARTS) is 1. The van der Waals surface area contributed by atoms with Gasteiger partial charge in [0.15, 0.2) is 0 Å². The predicted octanol–water partition coefficient (Wildman–Crippen LogP) is 5.87. The Morgan fingerprint density at radius 2 is 1.79 bits per heavy atom. The average Bonchev–Trinajstić information content (AvgIpc) is 2.77. The lowest BCUT2D eigenvalue weighted by Gasteiger charge is -2.51. The smallest absolute Gasteiger partial charge is 0.328 e. The number of ether oxygens (including phenoxy) is 1. The highest BCUT2D eigenvalue weighted by Crippen LogP contribution is 2.52. The lowest BCUT2D eigenvalue weighted by atomic mass is 9.67. The molecule has 0 spiro atoms. The predicted molar refractivity (Wildman–Crippen MR) is 131 cm³/mol. The molecular formula is C26H29Cl2NO5. The van der Waals surface area contributed by atoms with Crippen molar-refractivity contribution in [3.05, 3.63) is 69.7 Å². The van der Waals surface area contributed by atoms with Gasteiger partial charge >= 0.3 is 11.9 Å². The molecule has 1 aliphatic rings. The number of nitrogens with zero attached hydrogens (tertiary/aromatic N) is 1. The number of rotatable bonds is 8. The van der Waals surface area contributed by atoms with Gasteiger partial charge in [0.2, 0.25) is 5.91 Å². The van der Waals surface area contributed by atoms with E-state index in [-0.39, 0.29) is 31.3 Å². The number of aliphatic carboxylic acids is 1. The van der Waals surface area contributed by atoms with E-state index in [0.29, 0.717) is 16.5 Å². The highest BCUT2D eigenvalue weighted by Gasteiger charge is 2.53. The first-order valence-electron chi connectivity index (χ1n) is 11.3. The van der Waals surface area contributed by atoms with Gasteiger partial charge in [-0.05, 0) is 55.2 Å². The summed E-state index contributed by atoms with van der Waals surface area (Å²) >= 11 is 12.5. The van der Waals surface area contributed by atoms with Crippen LogP contribution in [0.3, 0.4) is 0 Å². The minimum atomic E-state index is -1.22. The number of benzene rings is 2. The van der Waals surface area contributed by atoms with E-state index in [1.807, 2.05) is 37.3 Å². The minimum absolute atomic E-state index is 0.174. The molecule has 0 saturated carbocycles. The number of amides is 1. The zero-order chi connectivity index (χ0) is 25.0. The average molecular weight is 506 g/mol. The molecule has 8 heteroatoms. The van der Waals surface area contributed by atoms with Gasteiger partial charge in [-0.15, -0.1) is 0 Å². The highest BCUT2D eigenvalue weighted by atomic mass is 35.5. The number of hydrogen-bond acceptors (Lipinski definition) is 4. The van der Waals surface area contributed by atoms with Gasteiger partial charge in [-0.25, -0.2) is 4.79 Å². The van der Waals surface area contributed by atoms with Crippen molar-refractivity contribution in [1.29, 1.82) is 0 Å². The maximum atomic E-state index is 14.0. The third kappa shape index (κ3) is 5.39. The Balaban J connectivity index is 2.25. The van der Waals surface area contributed by atoms with E-state index >= 15 is 0 Å². The van der Waals surface area contributed by atoms with Crippen LogP contribution >= 0.6 is 23.2 Å². The van der Waals surface area contributed by atoms with Crippen LogP contribution in [0.15, 0.2) is 48.5 Å².